The van der Waals surface area contributed by atoms with E-state index in [0.29, 0.717) is 6.04 Å². The Labute approximate surface area is 133 Å². The van der Waals surface area contributed by atoms with Gasteiger partial charge in [0, 0.05) is 19.1 Å². The lowest BCUT2D eigenvalue weighted by atomic mass is 10.0. The van der Waals surface area contributed by atoms with Crippen molar-refractivity contribution < 1.29 is 9.53 Å². The van der Waals surface area contributed by atoms with Gasteiger partial charge in [0.1, 0.15) is 5.75 Å². The van der Waals surface area contributed by atoms with E-state index < -0.39 is 0 Å². The predicted octanol–water partition coefficient (Wildman–Crippen LogP) is 2.62. The highest BCUT2D eigenvalue weighted by atomic mass is 16.5. The van der Waals surface area contributed by atoms with Crippen molar-refractivity contribution in [2.45, 2.75) is 45.6 Å². The van der Waals surface area contributed by atoms with Gasteiger partial charge in [-0.2, -0.15) is 0 Å². The van der Waals surface area contributed by atoms with Crippen LogP contribution < -0.4 is 10.1 Å². The quantitative estimate of drug-likeness (QED) is 0.842. The average molecular weight is 304 g/mol. The maximum absolute atomic E-state index is 12.0. The number of ether oxygens (including phenoxy) is 1. The van der Waals surface area contributed by atoms with Gasteiger partial charge in [-0.1, -0.05) is 32.0 Å². The Hall–Kier alpha value is -1.55. The lowest BCUT2D eigenvalue weighted by molar-refractivity contribution is -0.124. The van der Waals surface area contributed by atoms with Crippen LogP contribution in [0.2, 0.25) is 0 Å². The van der Waals surface area contributed by atoms with Crippen molar-refractivity contribution in [3.05, 3.63) is 29.8 Å². The number of nitrogens with one attached hydrogen (secondary N) is 1. The highest BCUT2D eigenvalue weighted by Gasteiger charge is 2.20. The largest absolute Gasteiger partial charge is 0.483 e. The van der Waals surface area contributed by atoms with E-state index in [0.717, 1.165) is 50.2 Å². The van der Waals surface area contributed by atoms with E-state index in [1.165, 1.54) is 6.42 Å². The van der Waals surface area contributed by atoms with Crippen molar-refractivity contribution in [3.63, 3.8) is 0 Å². The van der Waals surface area contributed by atoms with E-state index in [2.05, 4.69) is 24.1 Å². The summed E-state index contributed by atoms with van der Waals surface area (Å²) in [5.41, 5.74) is 1.14. The van der Waals surface area contributed by atoms with Crippen LogP contribution in [0.15, 0.2) is 24.3 Å². The number of rotatable bonds is 7. The molecule has 122 valence electrons. The summed E-state index contributed by atoms with van der Waals surface area (Å²) in [4.78, 5) is 14.5. The molecule has 4 heteroatoms. The molecule has 1 N–H and O–H groups in total. The molecule has 0 spiro atoms. The summed E-state index contributed by atoms with van der Waals surface area (Å²) in [6, 6.07) is 8.20. The van der Waals surface area contributed by atoms with E-state index in [-0.39, 0.29) is 12.5 Å². The van der Waals surface area contributed by atoms with Gasteiger partial charge in [0.2, 0.25) is 0 Å². The molecule has 2 rings (SSSR count). The van der Waals surface area contributed by atoms with Crippen molar-refractivity contribution in [3.8, 4) is 5.75 Å². The topological polar surface area (TPSA) is 41.6 Å². The Morgan fingerprint density at radius 3 is 2.68 bits per heavy atom. The van der Waals surface area contributed by atoms with Gasteiger partial charge in [-0.15, -0.1) is 0 Å². The molecule has 0 saturated carbocycles. The van der Waals surface area contributed by atoms with Crippen LogP contribution in [0.1, 0.15) is 38.7 Å². The standard InChI is InChI=1S/C18H28N2O2/c1-3-11-20-12-9-16(10-13-20)19-18(21)14-22-17-8-6-5-7-15(17)4-2/h5-8,16H,3-4,9-14H2,1-2H3,(H,19,21). The van der Waals surface area contributed by atoms with E-state index in [9.17, 15) is 4.79 Å². The minimum absolute atomic E-state index is 0.0140. The van der Waals surface area contributed by atoms with Crippen LogP contribution in [0.25, 0.3) is 0 Å². The van der Waals surface area contributed by atoms with Gasteiger partial charge in [-0.3, -0.25) is 4.79 Å². The highest BCUT2D eigenvalue weighted by Crippen LogP contribution is 2.18. The number of hydrogen-bond donors (Lipinski definition) is 1. The number of aryl methyl sites for hydroxylation is 1. The molecule has 0 aromatic heterocycles. The molecular formula is C18H28N2O2. The Balaban J connectivity index is 1.72. The first-order chi connectivity index (χ1) is 10.7. The summed E-state index contributed by atoms with van der Waals surface area (Å²) in [7, 11) is 0. The summed E-state index contributed by atoms with van der Waals surface area (Å²) in [5.74, 6) is 0.803. The van der Waals surface area contributed by atoms with Gasteiger partial charge in [0.15, 0.2) is 6.61 Å². The first-order valence-corrected chi connectivity index (χ1v) is 8.45. The molecule has 0 aliphatic carbocycles. The third-order valence-corrected chi connectivity index (χ3v) is 4.20. The van der Waals surface area contributed by atoms with Gasteiger partial charge in [0.05, 0.1) is 0 Å². The second kappa shape index (κ2) is 8.79. The Kier molecular flexibility index (Phi) is 6.72. The molecule has 0 radical (unpaired) electrons. The minimum Gasteiger partial charge on any atom is -0.483 e. The number of likely N-dealkylation sites (tertiary alicyclic amines) is 1. The van der Waals surface area contributed by atoms with Gasteiger partial charge in [0.25, 0.3) is 5.91 Å². The summed E-state index contributed by atoms with van der Waals surface area (Å²) < 4.78 is 5.67. The average Bonchev–Trinajstić information content (AvgIpc) is 2.55. The third-order valence-electron chi connectivity index (χ3n) is 4.20. The number of hydrogen-bond acceptors (Lipinski definition) is 3. The van der Waals surface area contributed by atoms with Crippen LogP contribution in [-0.2, 0) is 11.2 Å². The summed E-state index contributed by atoms with van der Waals surface area (Å²) in [6.45, 7) is 7.73. The minimum atomic E-state index is -0.0140. The molecule has 1 aromatic rings. The summed E-state index contributed by atoms with van der Waals surface area (Å²) in [5, 5.41) is 3.10. The number of carbonyl (C=O) groups excluding carboxylic acids is 1. The van der Waals surface area contributed by atoms with Gasteiger partial charge < -0.3 is 15.0 Å². The fourth-order valence-electron chi connectivity index (χ4n) is 2.97. The maximum atomic E-state index is 12.0. The number of carbonyl (C=O) groups is 1. The lowest BCUT2D eigenvalue weighted by Gasteiger charge is -2.32. The zero-order valence-electron chi connectivity index (χ0n) is 13.8. The summed E-state index contributed by atoms with van der Waals surface area (Å²) in [6.07, 6.45) is 4.18. The molecule has 1 amide bonds. The second-order valence-electron chi connectivity index (χ2n) is 5.93. The van der Waals surface area contributed by atoms with Crippen molar-refractivity contribution in [1.29, 1.82) is 0 Å². The van der Waals surface area contributed by atoms with Crippen LogP contribution in [0.4, 0.5) is 0 Å². The van der Waals surface area contributed by atoms with Gasteiger partial charge in [-0.05, 0) is 43.9 Å². The van der Waals surface area contributed by atoms with Gasteiger partial charge in [-0.25, -0.2) is 0 Å². The second-order valence-corrected chi connectivity index (χ2v) is 5.93. The molecule has 0 unspecified atom stereocenters. The molecule has 1 saturated heterocycles. The maximum Gasteiger partial charge on any atom is 0.258 e. The van der Waals surface area contributed by atoms with Crippen LogP contribution >= 0.6 is 0 Å². The first-order valence-electron chi connectivity index (χ1n) is 8.45. The molecule has 1 aliphatic heterocycles. The van der Waals surface area contributed by atoms with E-state index in [1.54, 1.807) is 0 Å². The first kappa shape index (κ1) is 16.8. The Bertz CT molecular complexity index is 468. The zero-order valence-corrected chi connectivity index (χ0v) is 13.8. The van der Waals surface area contributed by atoms with Crippen LogP contribution in [0.3, 0.4) is 0 Å². The summed E-state index contributed by atoms with van der Waals surface area (Å²) >= 11 is 0. The zero-order chi connectivity index (χ0) is 15.8. The molecule has 0 bridgehead atoms. The van der Waals surface area contributed by atoms with Crippen molar-refractivity contribution in [2.75, 3.05) is 26.2 Å². The van der Waals surface area contributed by atoms with Crippen LogP contribution in [-0.4, -0.2) is 43.1 Å². The van der Waals surface area contributed by atoms with Crippen LogP contribution in [0.5, 0.6) is 5.75 Å². The highest BCUT2D eigenvalue weighted by molar-refractivity contribution is 5.77. The molecule has 1 aromatic carbocycles. The number of para-hydroxylation sites is 1. The predicted molar refractivity (Wildman–Crippen MR) is 89.2 cm³/mol. The number of nitrogens with zero attached hydrogens (tertiary/aromatic N) is 1. The molecule has 4 nitrogen and oxygen atoms in total. The third kappa shape index (κ3) is 5.02. The molecule has 0 atom stereocenters. The van der Waals surface area contributed by atoms with Crippen molar-refractivity contribution in [1.82, 2.24) is 10.2 Å². The monoisotopic (exact) mass is 304 g/mol. The molecule has 1 fully saturated rings. The molecular weight excluding hydrogens is 276 g/mol. The Morgan fingerprint density at radius 1 is 1.27 bits per heavy atom. The SMILES string of the molecule is CCCN1CCC(NC(=O)COc2ccccc2CC)CC1. The number of piperidine rings is 1. The normalized spacial score (nSPS) is 16.5. The van der Waals surface area contributed by atoms with E-state index in [1.807, 2.05) is 24.3 Å². The Morgan fingerprint density at radius 2 is 2.00 bits per heavy atom. The fourth-order valence-corrected chi connectivity index (χ4v) is 2.97. The van der Waals surface area contributed by atoms with Crippen molar-refractivity contribution in [2.24, 2.45) is 0 Å². The van der Waals surface area contributed by atoms with Crippen LogP contribution in [0, 0.1) is 0 Å². The smallest absolute Gasteiger partial charge is 0.258 e. The van der Waals surface area contributed by atoms with Crippen molar-refractivity contribution >= 4 is 5.91 Å². The molecule has 1 heterocycles. The van der Waals surface area contributed by atoms with E-state index in [4.69, 9.17) is 4.74 Å². The lowest BCUT2D eigenvalue weighted by Crippen LogP contribution is -2.46. The molecule has 22 heavy (non-hydrogen) atoms. The van der Waals surface area contributed by atoms with Gasteiger partial charge >= 0.3 is 0 Å². The number of amides is 1. The fraction of sp³-hybridized carbons (Fsp3) is 0.611. The molecule has 1 aliphatic rings. The number of benzene rings is 1. The van der Waals surface area contributed by atoms with E-state index >= 15 is 0 Å².